The van der Waals surface area contributed by atoms with E-state index in [0.29, 0.717) is 35.7 Å². The SMILES string of the molecule is COC(=O)c1nccc2c(S(=O)(=O)N3C[C@H]4CNC[C@H]4C3)cccc12. The first kappa shape index (κ1) is 16.4. The molecule has 1 aromatic heterocycles. The Balaban J connectivity index is 1.80. The Morgan fingerprint density at radius 2 is 1.92 bits per heavy atom. The number of pyridine rings is 1. The quantitative estimate of drug-likeness (QED) is 0.816. The van der Waals surface area contributed by atoms with E-state index in [4.69, 9.17) is 4.74 Å². The smallest absolute Gasteiger partial charge is 0.357 e. The van der Waals surface area contributed by atoms with E-state index >= 15 is 0 Å². The van der Waals surface area contributed by atoms with Crippen molar-refractivity contribution in [2.24, 2.45) is 11.8 Å². The average Bonchev–Trinajstić information content (AvgIpc) is 3.22. The molecule has 7 nitrogen and oxygen atoms in total. The number of fused-ring (bicyclic) bond motifs is 2. The molecular weight excluding hydrogens is 342 g/mol. The number of carbonyl (C=O) groups excluding carboxylic acids is 1. The van der Waals surface area contributed by atoms with Crippen molar-refractivity contribution in [1.29, 1.82) is 0 Å². The summed E-state index contributed by atoms with van der Waals surface area (Å²) in [5, 5.41) is 4.29. The van der Waals surface area contributed by atoms with Gasteiger partial charge in [0.2, 0.25) is 10.0 Å². The predicted octanol–water partition coefficient (Wildman–Crippen LogP) is 0.861. The van der Waals surface area contributed by atoms with Crippen molar-refractivity contribution in [2.75, 3.05) is 33.3 Å². The van der Waals surface area contributed by atoms with Gasteiger partial charge in [-0.1, -0.05) is 12.1 Å². The number of hydrogen-bond donors (Lipinski definition) is 1. The molecule has 0 amide bonds. The summed E-state index contributed by atoms with van der Waals surface area (Å²) in [4.78, 5) is 16.2. The van der Waals surface area contributed by atoms with Gasteiger partial charge in [0.15, 0.2) is 5.69 Å². The van der Waals surface area contributed by atoms with E-state index in [0.717, 1.165) is 13.1 Å². The van der Waals surface area contributed by atoms with Gasteiger partial charge in [-0.05, 0) is 37.1 Å². The van der Waals surface area contributed by atoms with E-state index < -0.39 is 16.0 Å². The minimum Gasteiger partial charge on any atom is -0.464 e. The molecule has 1 N–H and O–H groups in total. The zero-order valence-electron chi connectivity index (χ0n) is 13.8. The van der Waals surface area contributed by atoms with E-state index in [1.165, 1.54) is 13.3 Å². The standard InChI is InChI=1S/C17H19N3O4S/c1-24-17(21)16-14-3-2-4-15(13(14)5-6-19-16)25(22,23)20-9-11-7-18-8-12(11)10-20/h2-6,11-12,18H,7-10H2,1H3/t11-,12+. The van der Waals surface area contributed by atoms with Gasteiger partial charge in [0.25, 0.3) is 0 Å². The van der Waals surface area contributed by atoms with Crippen LogP contribution in [-0.2, 0) is 14.8 Å². The summed E-state index contributed by atoms with van der Waals surface area (Å²) in [6.07, 6.45) is 1.44. The van der Waals surface area contributed by atoms with Gasteiger partial charge < -0.3 is 10.1 Å². The van der Waals surface area contributed by atoms with Crippen LogP contribution in [0.25, 0.3) is 10.8 Å². The summed E-state index contributed by atoms with van der Waals surface area (Å²) < 4.78 is 32.7. The second-order valence-electron chi connectivity index (χ2n) is 6.50. The highest BCUT2D eigenvalue weighted by Crippen LogP contribution is 2.33. The summed E-state index contributed by atoms with van der Waals surface area (Å²) in [7, 11) is -2.35. The van der Waals surface area contributed by atoms with E-state index in [1.807, 2.05) is 0 Å². The largest absolute Gasteiger partial charge is 0.464 e. The van der Waals surface area contributed by atoms with Gasteiger partial charge in [0.05, 0.1) is 12.0 Å². The maximum absolute atomic E-state index is 13.2. The predicted molar refractivity (Wildman–Crippen MR) is 91.7 cm³/mol. The van der Waals surface area contributed by atoms with Crippen LogP contribution in [0.2, 0.25) is 0 Å². The lowest BCUT2D eigenvalue weighted by molar-refractivity contribution is 0.0596. The topological polar surface area (TPSA) is 88.6 Å². The minimum atomic E-state index is -3.63. The fourth-order valence-corrected chi connectivity index (χ4v) is 5.57. The van der Waals surface area contributed by atoms with Crippen molar-refractivity contribution in [1.82, 2.24) is 14.6 Å². The lowest BCUT2D eigenvalue weighted by Crippen LogP contribution is -2.32. The number of hydrogen-bond acceptors (Lipinski definition) is 6. The second kappa shape index (κ2) is 6.05. The molecule has 2 aliphatic rings. The van der Waals surface area contributed by atoms with E-state index in [-0.39, 0.29) is 10.6 Å². The van der Waals surface area contributed by atoms with Gasteiger partial charge >= 0.3 is 5.97 Å². The summed E-state index contributed by atoms with van der Waals surface area (Å²) >= 11 is 0. The van der Waals surface area contributed by atoms with Crippen molar-refractivity contribution < 1.29 is 17.9 Å². The first-order valence-electron chi connectivity index (χ1n) is 8.19. The number of sulfonamides is 1. The molecule has 0 aliphatic carbocycles. The van der Waals surface area contributed by atoms with Crippen LogP contribution in [0.3, 0.4) is 0 Å². The maximum atomic E-state index is 13.2. The molecule has 2 fully saturated rings. The first-order valence-corrected chi connectivity index (χ1v) is 9.63. The maximum Gasteiger partial charge on any atom is 0.357 e. The van der Waals surface area contributed by atoms with Gasteiger partial charge in [0.1, 0.15) is 0 Å². The van der Waals surface area contributed by atoms with Crippen molar-refractivity contribution in [3.8, 4) is 0 Å². The molecule has 2 aliphatic heterocycles. The molecule has 2 aromatic rings. The highest BCUT2D eigenvalue weighted by Gasteiger charge is 2.41. The fourth-order valence-electron chi connectivity index (χ4n) is 3.81. The number of nitrogens with one attached hydrogen (secondary N) is 1. The monoisotopic (exact) mass is 361 g/mol. The van der Waals surface area contributed by atoms with Crippen molar-refractivity contribution in [2.45, 2.75) is 4.90 Å². The van der Waals surface area contributed by atoms with Crippen LogP contribution in [0.4, 0.5) is 0 Å². The van der Waals surface area contributed by atoms with Crippen LogP contribution in [0.5, 0.6) is 0 Å². The Hall–Kier alpha value is -2.03. The third kappa shape index (κ3) is 2.61. The number of esters is 1. The van der Waals surface area contributed by atoms with Crippen molar-refractivity contribution >= 4 is 26.8 Å². The molecule has 2 saturated heterocycles. The molecule has 0 spiro atoms. The molecule has 25 heavy (non-hydrogen) atoms. The van der Waals surface area contributed by atoms with Crippen LogP contribution in [0, 0.1) is 11.8 Å². The zero-order valence-corrected chi connectivity index (χ0v) is 14.6. The lowest BCUT2D eigenvalue weighted by Gasteiger charge is -2.19. The number of carbonyl (C=O) groups is 1. The van der Waals surface area contributed by atoms with Crippen molar-refractivity contribution in [3.05, 3.63) is 36.2 Å². The average molecular weight is 361 g/mol. The lowest BCUT2D eigenvalue weighted by atomic mass is 10.0. The van der Waals surface area contributed by atoms with Crippen LogP contribution >= 0.6 is 0 Å². The van der Waals surface area contributed by atoms with Gasteiger partial charge in [-0.15, -0.1) is 0 Å². The highest BCUT2D eigenvalue weighted by atomic mass is 32.2. The Kier molecular flexibility index (Phi) is 3.98. The molecule has 4 rings (SSSR count). The Bertz CT molecular complexity index is 932. The number of nitrogens with zero attached hydrogens (tertiary/aromatic N) is 2. The summed E-state index contributed by atoms with van der Waals surface area (Å²) in [6, 6.07) is 6.55. The zero-order chi connectivity index (χ0) is 17.6. The number of aromatic nitrogens is 1. The summed E-state index contributed by atoms with van der Waals surface area (Å²) in [6.45, 7) is 2.79. The van der Waals surface area contributed by atoms with Gasteiger partial charge in [-0.25, -0.2) is 18.2 Å². The molecular formula is C17H19N3O4S. The molecule has 3 heterocycles. The van der Waals surface area contributed by atoms with Crippen molar-refractivity contribution in [3.63, 3.8) is 0 Å². The number of ether oxygens (including phenoxy) is 1. The van der Waals surface area contributed by atoms with Gasteiger partial charge in [0, 0.05) is 30.1 Å². The molecule has 132 valence electrons. The minimum absolute atomic E-state index is 0.125. The van der Waals surface area contributed by atoms with E-state index in [2.05, 4.69) is 10.3 Å². The highest BCUT2D eigenvalue weighted by molar-refractivity contribution is 7.89. The second-order valence-corrected chi connectivity index (χ2v) is 8.41. The van der Waals surface area contributed by atoms with E-state index in [9.17, 15) is 13.2 Å². The van der Waals surface area contributed by atoms with Crippen LogP contribution in [0.1, 0.15) is 10.5 Å². The number of rotatable bonds is 3. The van der Waals surface area contributed by atoms with Crippen LogP contribution < -0.4 is 5.32 Å². The molecule has 0 bridgehead atoms. The number of benzene rings is 1. The summed E-state index contributed by atoms with van der Waals surface area (Å²) in [5.41, 5.74) is 0.125. The Labute approximate surface area is 146 Å². The number of methoxy groups -OCH3 is 1. The molecule has 0 unspecified atom stereocenters. The third-order valence-electron chi connectivity index (χ3n) is 5.12. The first-order chi connectivity index (χ1) is 12.0. The van der Waals surface area contributed by atoms with Crippen LogP contribution in [0.15, 0.2) is 35.4 Å². The molecule has 1 aromatic carbocycles. The Morgan fingerprint density at radius 3 is 2.60 bits per heavy atom. The van der Waals surface area contributed by atoms with Gasteiger partial charge in [-0.3, -0.25) is 0 Å². The Morgan fingerprint density at radius 1 is 1.20 bits per heavy atom. The third-order valence-corrected chi connectivity index (χ3v) is 7.01. The van der Waals surface area contributed by atoms with E-state index in [1.54, 1.807) is 28.6 Å². The normalized spacial score (nSPS) is 23.7. The summed E-state index contributed by atoms with van der Waals surface area (Å²) in [5.74, 6) is 0.163. The fraction of sp³-hybridized carbons (Fsp3) is 0.412. The van der Waals surface area contributed by atoms with Crippen LogP contribution in [-0.4, -0.2) is 57.0 Å². The van der Waals surface area contributed by atoms with Gasteiger partial charge in [-0.2, -0.15) is 4.31 Å². The molecule has 0 radical (unpaired) electrons. The molecule has 0 saturated carbocycles. The molecule has 8 heteroatoms. The molecule has 2 atom stereocenters.